The van der Waals surface area contributed by atoms with Crippen LogP contribution in [0.4, 0.5) is 4.79 Å². The Labute approximate surface area is 154 Å². The van der Waals surface area contributed by atoms with Crippen molar-refractivity contribution < 1.29 is 14.4 Å². The molecule has 0 aromatic heterocycles. The van der Waals surface area contributed by atoms with Gasteiger partial charge >= 0.3 is 6.03 Å². The molecule has 2 N–H and O–H groups in total. The van der Waals surface area contributed by atoms with Crippen LogP contribution < -0.4 is 10.6 Å². The average molecular weight is 360 g/mol. The number of benzene rings is 1. The summed E-state index contributed by atoms with van der Waals surface area (Å²) in [6, 6.07) is 7.25. The maximum Gasteiger partial charge on any atom is 0.321 e. The summed E-state index contributed by atoms with van der Waals surface area (Å²) in [4.78, 5) is 39.7. The van der Waals surface area contributed by atoms with Crippen molar-refractivity contribution in [3.05, 3.63) is 35.4 Å². The summed E-state index contributed by atoms with van der Waals surface area (Å²) >= 11 is 0. The number of hydrogen-bond acceptors (Lipinski definition) is 4. The highest BCUT2D eigenvalue weighted by atomic mass is 16.2. The molecule has 7 heteroatoms. The van der Waals surface area contributed by atoms with Gasteiger partial charge < -0.3 is 10.2 Å². The number of amides is 4. The van der Waals surface area contributed by atoms with Crippen LogP contribution in [0.1, 0.15) is 36.2 Å². The van der Waals surface area contributed by atoms with Crippen molar-refractivity contribution in [3.63, 3.8) is 0 Å². The van der Waals surface area contributed by atoms with Crippen molar-refractivity contribution in [3.8, 4) is 0 Å². The fourth-order valence-electron chi connectivity index (χ4n) is 2.83. The van der Waals surface area contributed by atoms with E-state index in [-0.39, 0.29) is 18.4 Å². The Morgan fingerprint density at radius 3 is 2.23 bits per heavy atom. The van der Waals surface area contributed by atoms with E-state index in [0.29, 0.717) is 38.3 Å². The highest BCUT2D eigenvalue weighted by Crippen LogP contribution is 2.10. The van der Waals surface area contributed by atoms with Crippen LogP contribution in [0.15, 0.2) is 24.3 Å². The zero-order valence-electron chi connectivity index (χ0n) is 15.6. The minimum atomic E-state index is -0.457. The molecular weight excluding hydrogens is 332 g/mol. The molecule has 0 atom stereocenters. The predicted molar refractivity (Wildman–Crippen MR) is 100.0 cm³/mol. The summed E-state index contributed by atoms with van der Waals surface area (Å²) in [5.41, 5.74) is 1.90. The van der Waals surface area contributed by atoms with E-state index >= 15 is 0 Å². The van der Waals surface area contributed by atoms with E-state index in [9.17, 15) is 14.4 Å². The number of hydrogen-bond donors (Lipinski definition) is 2. The van der Waals surface area contributed by atoms with Gasteiger partial charge in [-0.05, 0) is 30.5 Å². The van der Waals surface area contributed by atoms with Crippen molar-refractivity contribution in [1.29, 1.82) is 0 Å². The molecule has 1 aromatic rings. The number of carbonyl (C=O) groups excluding carboxylic acids is 3. The van der Waals surface area contributed by atoms with E-state index in [1.54, 1.807) is 0 Å². The van der Waals surface area contributed by atoms with Crippen molar-refractivity contribution in [1.82, 2.24) is 20.4 Å². The van der Waals surface area contributed by atoms with Gasteiger partial charge in [0.2, 0.25) is 5.91 Å². The molecule has 0 radical (unpaired) electrons. The first-order valence-corrected chi connectivity index (χ1v) is 9.21. The topological polar surface area (TPSA) is 81.8 Å². The SMILES string of the molecule is CCCNC(=O)NC(=O)CN1CCN(C(=O)c2ccc(CC)cc2)CC1. The molecule has 1 heterocycles. The lowest BCUT2D eigenvalue weighted by Gasteiger charge is -2.34. The third-order valence-corrected chi connectivity index (χ3v) is 4.42. The molecule has 1 aliphatic rings. The smallest absolute Gasteiger partial charge is 0.321 e. The molecular formula is C19H28N4O3. The van der Waals surface area contributed by atoms with Gasteiger partial charge in [-0.25, -0.2) is 4.79 Å². The van der Waals surface area contributed by atoms with E-state index in [0.717, 1.165) is 12.8 Å². The summed E-state index contributed by atoms with van der Waals surface area (Å²) in [6.07, 6.45) is 1.77. The van der Waals surface area contributed by atoms with E-state index in [1.807, 2.05) is 41.0 Å². The Hall–Kier alpha value is -2.41. The Morgan fingerprint density at radius 1 is 1.00 bits per heavy atom. The average Bonchev–Trinajstić information content (AvgIpc) is 2.66. The van der Waals surface area contributed by atoms with E-state index in [4.69, 9.17) is 0 Å². The summed E-state index contributed by atoms with van der Waals surface area (Å²) in [5.74, 6) is -0.302. The molecule has 0 unspecified atom stereocenters. The van der Waals surface area contributed by atoms with Crippen molar-refractivity contribution >= 4 is 17.8 Å². The largest absolute Gasteiger partial charge is 0.338 e. The van der Waals surface area contributed by atoms with Gasteiger partial charge in [-0.2, -0.15) is 0 Å². The first-order chi connectivity index (χ1) is 12.5. The first-order valence-electron chi connectivity index (χ1n) is 9.21. The lowest BCUT2D eigenvalue weighted by molar-refractivity contribution is -0.121. The van der Waals surface area contributed by atoms with Crippen LogP contribution in [0.5, 0.6) is 0 Å². The molecule has 2 rings (SSSR count). The van der Waals surface area contributed by atoms with Crippen LogP contribution in [-0.4, -0.2) is 66.9 Å². The molecule has 1 saturated heterocycles. The lowest BCUT2D eigenvalue weighted by Crippen LogP contribution is -2.52. The van der Waals surface area contributed by atoms with Crippen LogP contribution in [0, 0.1) is 0 Å². The summed E-state index contributed by atoms with van der Waals surface area (Å²) in [7, 11) is 0. The van der Waals surface area contributed by atoms with Crippen molar-refractivity contribution in [2.24, 2.45) is 0 Å². The maximum atomic E-state index is 12.5. The van der Waals surface area contributed by atoms with Gasteiger partial charge in [0.1, 0.15) is 0 Å². The molecule has 0 bridgehead atoms. The molecule has 1 aromatic carbocycles. The molecule has 4 amide bonds. The molecule has 0 spiro atoms. The van der Waals surface area contributed by atoms with Crippen LogP contribution in [0.2, 0.25) is 0 Å². The predicted octanol–water partition coefficient (Wildman–Crippen LogP) is 1.24. The van der Waals surface area contributed by atoms with Gasteiger partial charge in [-0.15, -0.1) is 0 Å². The van der Waals surface area contributed by atoms with Crippen LogP contribution in [0.3, 0.4) is 0 Å². The third kappa shape index (κ3) is 5.84. The fraction of sp³-hybridized carbons (Fsp3) is 0.526. The van der Waals surface area contributed by atoms with Gasteiger partial charge in [-0.1, -0.05) is 26.0 Å². The van der Waals surface area contributed by atoms with E-state index in [1.165, 1.54) is 5.56 Å². The molecule has 0 aliphatic carbocycles. The van der Waals surface area contributed by atoms with Crippen molar-refractivity contribution in [2.45, 2.75) is 26.7 Å². The number of nitrogens with one attached hydrogen (secondary N) is 2. The molecule has 1 aliphatic heterocycles. The second-order valence-electron chi connectivity index (χ2n) is 6.42. The highest BCUT2D eigenvalue weighted by Gasteiger charge is 2.23. The standard InChI is InChI=1S/C19H28N4O3/c1-3-9-20-19(26)21-17(24)14-22-10-12-23(13-11-22)18(25)16-7-5-15(4-2)6-8-16/h5-8H,3-4,9-14H2,1-2H3,(H2,20,21,24,26). The Balaban J connectivity index is 1.76. The molecule has 142 valence electrons. The van der Waals surface area contributed by atoms with Gasteiger partial charge in [0.05, 0.1) is 6.54 Å². The quantitative estimate of drug-likeness (QED) is 0.800. The maximum absolute atomic E-state index is 12.5. The number of rotatable bonds is 6. The monoisotopic (exact) mass is 360 g/mol. The van der Waals surface area contributed by atoms with Gasteiger partial charge in [0.15, 0.2) is 0 Å². The van der Waals surface area contributed by atoms with Crippen LogP contribution >= 0.6 is 0 Å². The highest BCUT2D eigenvalue weighted by molar-refractivity contribution is 5.95. The summed E-state index contributed by atoms with van der Waals surface area (Å²) in [6.45, 7) is 7.10. The van der Waals surface area contributed by atoms with Crippen LogP contribution in [-0.2, 0) is 11.2 Å². The van der Waals surface area contributed by atoms with Gasteiger partial charge in [0.25, 0.3) is 5.91 Å². The Bertz CT molecular complexity index is 622. The molecule has 7 nitrogen and oxygen atoms in total. The van der Waals surface area contributed by atoms with E-state index in [2.05, 4.69) is 17.6 Å². The number of carbonyl (C=O) groups is 3. The summed E-state index contributed by atoms with van der Waals surface area (Å²) in [5, 5.41) is 4.93. The zero-order valence-corrected chi connectivity index (χ0v) is 15.6. The van der Waals surface area contributed by atoms with Gasteiger partial charge in [0, 0.05) is 38.3 Å². The number of aryl methyl sites for hydroxylation is 1. The summed E-state index contributed by atoms with van der Waals surface area (Å²) < 4.78 is 0. The second kappa shape index (κ2) is 9.91. The number of nitrogens with zero attached hydrogens (tertiary/aromatic N) is 2. The first kappa shape index (κ1) is 19.9. The minimum Gasteiger partial charge on any atom is -0.338 e. The molecule has 1 fully saturated rings. The molecule has 0 saturated carbocycles. The normalized spacial score (nSPS) is 14.8. The van der Waals surface area contributed by atoms with Gasteiger partial charge in [-0.3, -0.25) is 19.8 Å². The molecule has 26 heavy (non-hydrogen) atoms. The zero-order chi connectivity index (χ0) is 18.9. The van der Waals surface area contributed by atoms with Crippen molar-refractivity contribution in [2.75, 3.05) is 39.3 Å². The lowest BCUT2D eigenvalue weighted by atomic mass is 10.1. The number of piperazine rings is 1. The number of urea groups is 1. The number of imide groups is 1. The Morgan fingerprint density at radius 2 is 1.65 bits per heavy atom. The van der Waals surface area contributed by atoms with Crippen LogP contribution in [0.25, 0.3) is 0 Å². The second-order valence-corrected chi connectivity index (χ2v) is 6.42. The van der Waals surface area contributed by atoms with E-state index < -0.39 is 6.03 Å². The fourth-order valence-corrected chi connectivity index (χ4v) is 2.83. The third-order valence-electron chi connectivity index (χ3n) is 4.42. The Kier molecular flexibility index (Phi) is 7.59. The minimum absolute atomic E-state index is 0.0238.